The van der Waals surface area contributed by atoms with Gasteiger partial charge in [-0.05, 0) is 19.8 Å². The average Bonchev–Trinajstić information content (AvgIpc) is 2.95. The van der Waals surface area contributed by atoms with Crippen molar-refractivity contribution in [2.45, 2.75) is 26.2 Å². The quantitative estimate of drug-likeness (QED) is 0.840. The van der Waals surface area contributed by atoms with Crippen molar-refractivity contribution in [3.8, 4) is 0 Å². The van der Waals surface area contributed by atoms with Crippen molar-refractivity contribution in [1.29, 1.82) is 0 Å². The van der Waals surface area contributed by atoms with E-state index in [-0.39, 0.29) is 11.8 Å². The van der Waals surface area contributed by atoms with Crippen LogP contribution in [0, 0.1) is 12.8 Å². The molecule has 6 heteroatoms. The summed E-state index contributed by atoms with van der Waals surface area (Å²) in [7, 11) is 0. The van der Waals surface area contributed by atoms with E-state index in [1.807, 2.05) is 6.92 Å². The summed E-state index contributed by atoms with van der Waals surface area (Å²) >= 11 is 0. The number of nitrogens with one attached hydrogen (secondary N) is 2. The minimum atomic E-state index is -0.0333. The Kier molecular flexibility index (Phi) is 2.62. The molecule has 18 heavy (non-hydrogen) atoms. The summed E-state index contributed by atoms with van der Waals surface area (Å²) in [6.07, 6.45) is 3.81. The summed E-state index contributed by atoms with van der Waals surface area (Å²) < 4.78 is 4.68. The lowest BCUT2D eigenvalue weighted by atomic mass is 9.89. The number of imidazole rings is 1. The fourth-order valence-electron chi connectivity index (χ4n) is 2.35. The molecule has 3 rings (SSSR count). The van der Waals surface area contributed by atoms with Crippen molar-refractivity contribution in [3.05, 3.63) is 29.5 Å². The molecule has 0 saturated heterocycles. The van der Waals surface area contributed by atoms with Crippen LogP contribution in [0.3, 0.4) is 0 Å². The van der Waals surface area contributed by atoms with Crippen LogP contribution < -0.4 is 5.32 Å². The summed E-state index contributed by atoms with van der Waals surface area (Å²) in [5.74, 6) is 1.33. The Morgan fingerprint density at radius 1 is 1.61 bits per heavy atom. The lowest BCUT2D eigenvalue weighted by Crippen LogP contribution is -2.28. The van der Waals surface area contributed by atoms with Crippen LogP contribution in [0.1, 0.15) is 23.6 Å². The number of carbonyl (C=O) groups is 1. The summed E-state index contributed by atoms with van der Waals surface area (Å²) in [5.41, 5.74) is 2.18. The van der Waals surface area contributed by atoms with Gasteiger partial charge in [-0.3, -0.25) is 4.79 Å². The van der Waals surface area contributed by atoms with Crippen LogP contribution >= 0.6 is 0 Å². The first kappa shape index (κ1) is 11.0. The van der Waals surface area contributed by atoms with Crippen LogP contribution in [0.25, 0.3) is 0 Å². The highest BCUT2D eigenvalue weighted by molar-refractivity contribution is 5.91. The fraction of sp³-hybridized carbons (Fsp3) is 0.417. The Labute approximate surface area is 104 Å². The molecule has 0 saturated carbocycles. The minimum absolute atomic E-state index is 0.0122. The smallest absolute Gasteiger partial charge is 0.229 e. The minimum Gasteiger partial charge on any atom is -0.363 e. The van der Waals surface area contributed by atoms with E-state index in [4.69, 9.17) is 0 Å². The van der Waals surface area contributed by atoms with Crippen molar-refractivity contribution in [2.24, 2.45) is 5.92 Å². The van der Waals surface area contributed by atoms with Crippen molar-refractivity contribution < 1.29 is 9.32 Å². The molecule has 1 atom stereocenters. The number of aryl methyl sites for hydroxylation is 2. The van der Waals surface area contributed by atoms with Crippen molar-refractivity contribution in [2.75, 3.05) is 5.32 Å². The molecule has 2 heterocycles. The molecule has 0 aromatic carbocycles. The van der Waals surface area contributed by atoms with E-state index in [0.29, 0.717) is 12.2 Å². The van der Waals surface area contributed by atoms with Gasteiger partial charge in [-0.1, -0.05) is 5.16 Å². The molecule has 2 N–H and O–H groups in total. The zero-order valence-electron chi connectivity index (χ0n) is 10.1. The fourth-order valence-corrected chi connectivity index (χ4v) is 2.35. The van der Waals surface area contributed by atoms with Gasteiger partial charge in [-0.15, -0.1) is 0 Å². The molecule has 6 nitrogen and oxygen atoms in total. The van der Waals surface area contributed by atoms with Gasteiger partial charge in [0.2, 0.25) is 5.91 Å². The third-order valence-electron chi connectivity index (χ3n) is 3.22. The van der Waals surface area contributed by atoms with Gasteiger partial charge < -0.3 is 14.8 Å². The SMILES string of the molecule is Cc1nc2c([nH]1)C[C@@H](C(=O)Nc1ccon1)CC2. The molecular formula is C12H14N4O2. The van der Waals surface area contributed by atoms with E-state index >= 15 is 0 Å². The Morgan fingerprint density at radius 2 is 2.50 bits per heavy atom. The molecule has 1 aliphatic rings. The average molecular weight is 246 g/mol. The van der Waals surface area contributed by atoms with Crippen LogP contribution in [-0.4, -0.2) is 21.0 Å². The number of aromatic amines is 1. The summed E-state index contributed by atoms with van der Waals surface area (Å²) in [4.78, 5) is 19.7. The Bertz CT molecular complexity index is 559. The standard InChI is InChI=1S/C12H14N4O2/c1-7-13-9-3-2-8(6-10(9)14-7)12(17)15-11-4-5-18-16-11/h4-5,8H,2-3,6H2,1H3,(H,13,14)(H,15,16,17)/t8-/m0/s1. The molecule has 0 unspecified atom stereocenters. The number of nitrogens with zero attached hydrogens (tertiary/aromatic N) is 2. The van der Waals surface area contributed by atoms with Crippen LogP contribution in [0.2, 0.25) is 0 Å². The van der Waals surface area contributed by atoms with Crippen LogP contribution in [0.15, 0.2) is 16.9 Å². The number of anilines is 1. The van der Waals surface area contributed by atoms with Gasteiger partial charge in [-0.25, -0.2) is 4.98 Å². The molecule has 2 aromatic rings. The number of carbonyl (C=O) groups excluding carboxylic acids is 1. The number of aromatic nitrogens is 3. The monoisotopic (exact) mass is 246 g/mol. The van der Waals surface area contributed by atoms with Gasteiger partial charge in [0.1, 0.15) is 12.1 Å². The molecule has 1 amide bonds. The Balaban J connectivity index is 1.70. The Hall–Kier alpha value is -2.11. The summed E-state index contributed by atoms with van der Waals surface area (Å²) in [6, 6.07) is 1.63. The third kappa shape index (κ3) is 2.01. The van der Waals surface area contributed by atoms with E-state index in [9.17, 15) is 4.79 Å². The maximum atomic E-state index is 12.1. The normalized spacial score (nSPS) is 18.4. The van der Waals surface area contributed by atoms with Crippen molar-refractivity contribution in [3.63, 3.8) is 0 Å². The van der Waals surface area contributed by atoms with E-state index in [0.717, 1.165) is 30.1 Å². The molecule has 0 aliphatic heterocycles. The van der Waals surface area contributed by atoms with Gasteiger partial charge in [0.15, 0.2) is 5.82 Å². The zero-order chi connectivity index (χ0) is 12.5. The molecule has 2 aromatic heterocycles. The van der Waals surface area contributed by atoms with Gasteiger partial charge in [0.25, 0.3) is 0 Å². The topological polar surface area (TPSA) is 83.8 Å². The first-order valence-electron chi connectivity index (χ1n) is 5.98. The van der Waals surface area contributed by atoms with Crippen LogP contribution in [0.5, 0.6) is 0 Å². The van der Waals surface area contributed by atoms with Gasteiger partial charge in [-0.2, -0.15) is 0 Å². The van der Waals surface area contributed by atoms with Crippen LogP contribution in [0.4, 0.5) is 5.82 Å². The molecule has 0 bridgehead atoms. The summed E-state index contributed by atoms with van der Waals surface area (Å²) in [6.45, 7) is 1.93. The lowest BCUT2D eigenvalue weighted by Gasteiger charge is -2.19. The van der Waals surface area contributed by atoms with E-state index in [1.54, 1.807) is 6.07 Å². The van der Waals surface area contributed by atoms with Crippen LogP contribution in [-0.2, 0) is 17.6 Å². The molecule has 0 radical (unpaired) electrons. The largest absolute Gasteiger partial charge is 0.363 e. The molecular weight excluding hydrogens is 232 g/mol. The van der Waals surface area contributed by atoms with E-state index in [1.165, 1.54) is 6.26 Å². The first-order valence-corrected chi connectivity index (χ1v) is 5.98. The van der Waals surface area contributed by atoms with Crippen molar-refractivity contribution in [1.82, 2.24) is 15.1 Å². The second-order valence-electron chi connectivity index (χ2n) is 4.56. The molecule has 94 valence electrons. The highest BCUT2D eigenvalue weighted by Gasteiger charge is 2.27. The van der Waals surface area contributed by atoms with Gasteiger partial charge in [0, 0.05) is 24.1 Å². The van der Waals surface area contributed by atoms with Gasteiger partial charge >= 0.3 is 0 Å². The van der Waals surface area contributed by atoms with E-state index < -0.39 is 0 Å². The second kappa shape index (κ2) is 4.29. The second-order valence-corrected chi connectivity index (χ2v) is 4.56. The molecule has 0 spiro atoms. The maximum absolute atomic E-state index is 12.1. The number of rotatable bonds is 2. The highest BCUT2D eigenvalue weighted by Crippen LogP contribution is 2.24. The number of hydrogen-bond donors (Lipinski definition) is 2. The predicted octanol–water partition coefficient (Wildman–Crippen LogP) is 1.45. The predicted molar refractivity (Wildman–Crippen MR) is 64.0 cm³/mol. The zero-order valence-corrected chi connectivity index (χ0v) is 10.1. The third-order valence-corrected chi connectivity index (χ3v) is 3.22. The Morgan fingerprint density at radius 3 is 3.28 bits per heavy atom. The van der Waals surface area contributed by atoms with E-state index in [2.05, 4.69) is 25.0 Å². The number of H-pyrrole nitrogens is 1. The highest BCUT2D eigenvalue weighted by atomic mass is 16.5. The molecule has 0 fully saturated rings. The molecule has 1 aliphatic carbocycles. The number of hydrogen-bond acceptors (Lipinski definition) is 4. The van der Waals surface area contributed by atoms with Gasteiger partial charge in [0.05, 0.1) is 5.69 Å². The van der Waals surface area contributed by atoms with Crippen molar-refractivity contribution >= 4 is 11.7 Å². The lowest BCUT2D eigenvalue weighted by molar-refractivity contribution is -0.120. The maximum Gasteiger partial charge on any atom is 0.229 e. The number of fused-ring (bicyclic) bond motifs is 1. The first-order chi connectivity index (χ1) is 8.72. The number of amides is 1. The summed E-state index contributed by atoms with van der Waals surface area (Å²) in [5, 5.41) is 6.42.